The van der Waals surface area contributed by atoms with Crippen LogP contribution in [-0.2, 0) is 13.2 Å². The quantitative estimate of drug-likeness (QED) is 0.753. The molecule has 2 heterocycles. The van der Waals surface area contributed by atoms with Gasteiger partial charge >= 0.3 is 0 Å². The molecular formula is C15H23N3O2. The van der Waals surface area contributed by atoms with Crippen molar-refractivity contribution in [2.75, 3.05) is 6.54 Å². The molecule has 0 aliphatic carbocycles. The van der Waals surface area contributed by atoms with Crippen molar-refractivity contribution in [3.05, 3.63) is 36.0 Å². The Morgan fingerprint density at radius 3 is 3.00 bits per heavy atom. The van der Waals surface area contributed by atoms with E-state index in [-0.39, 0.29) is 0 Å². The second-order valence-corrected chi connectivity index (χ2v) is 5.08. The highest BCUT2D eigenvalue weighted by Gasteiger charge is 2.08. The number of hydrogen-bond donors (Lipinski definition) is 1. The summed E-state index contributed by atoms with van der Waals surface area (Å²) < 4.78 is 13.1. The molecule has 5 nitrogen and oxygen atoms in total. The van der Waals surface area contributed by atoms with Crippen LogP contribution in [0.3, 0.4) is 0 Å². The first kappa shape index (κ1) is 14.7. The Morgan fingerprint density at radius 1 is 1.45 bits per heavy atom. The second-order valence-electron chi connectivity index (χ2n) is 5.08. The Bertz CT molecular complexity index is 517. The van der Waals surface area contributed by atoms with E-state index in [0.29, 0.717) is 12.6 Å². The van der Waals surface area contributed by atoms with Gasteiger partial charge in [0.25, 0.3) is 0 Å². The Kier molecular flexibility index (Phi) is 5.24. The minimum Gasteiger partial charge on any atom is -0.485 e. The summed E-state index contributed by atoms with van der Waals surface area (Å²) >= 11 is 0. The molecule has 0 saturated heterocycles. The van der Waals surface area contributed by atoms with Gasteiger partial charge < -0.3 is 14.5 Å². The van der Waals surface area contributed by atoms with Gasteiger partial charge in [0.15, 0.2) is 5.75 Å². The first-order valence-electron chi connectivity index (χ1n) is 7.13. The highest BCUT2D eigenvalue weighted by molar-refractivity contribution is 5.18. The molecule has 0 spiro atoms. The average molecular weight is 277 g/mol. The lowest BCUT2D eigenvalue weighted by Gasteiger charge is -2.06. The fourth-order valence-electron chi connectivity index (χ4n) is 1.87. The smallest absolute Gasteiger partial charge is 0.157 e. The number of furan rings is 1. The number of hydrogen-bond acceptors (Lipinski definition) is 4. The molecule has 0 aliphatic rings. The van der Waals surface area contributed by atoms with E-state index in [2.05, 4.69) is 31.2 Å². The van der Waals surface area contributed by atoms with Crippen molar-refractivity contribution in [2.24, 2.45) is 0 Å². The minimum atomic E-state index is 0.343. The molecule has 0 aromatic carbocycles. The second kappa shape index (κ2) is 7.14. The van der Waals surface area contributed by atoms with Gasteiger partial charge in [-0.1, -0.05) is 6.92 Å². The molecule has 20 heavy (non-hydrogen) atoms. The van der Waals surface area contributed by atoms with E-state index in [0.717, 1.165) is 36.6 Å². The maximum absolute atomic E-state index is 5.76. The monoisotopic (exact) mass is 277 g/mol. The average Bonchev–Trinajstić information content (AvgIpc) is 3.05. The zero-order valence-corrected chi connectivity index (χ0v) is 12.4. The van der Waals surface area contributed by atoms with Gasteiger partial charge in [-0.05, 0) is 32.9 Å². The molecule has 5 heteroatoms. The molecule has 0 amide bonds. The number of ether oxygens (including phenoxy) is 1. The standard InChI is InChI=1S/C15H23N3O2/c1-4-6-16-9-15-13(5-7-19-15)11-20-14-8-17-18(10-14)12(2)3/h5,7-8,10,12,16H,4,6,9,11H2,1-3H3. The van der Waals surface area contributed by atoms with Gasteiger partial charge in [-0.25, -0.2) is 0 Å². The number of nitrogens with zero attached hydrogens (tertiary/aromatic N) is 2. The third-order valence-corrected chi connectivity index (χ3v) is 3.05. The lowest BCUT2D eigenvalue weighted by Crippen LogP contribution is -2.14. The van der Waals surface area contributed by atoms with Gasteiger partial charge in [0.2, 0.25) is 0 Å². The van der Waals surface area contributed by atoms with Gasteiger partial charge in [-0.2, -0.15) is 5.10 Å². The van der Waals surface area contributed by atoms with Gasteiger partial charge in [0.05, 0.1) is 25.2 Å². The van der Waals surface area contributed by atoms with Crippen LogP contribution in [-0.4, -0.2) is 16.3 Å². The van der Waals surface area contributed by atoms with Crippen LogP contribution in [0.25, 0.3) is 0 Å². The summed E-state index contributed by atoms with van der Waals surface area (Å²) in [5.41, 5.74) is 1.07. The van der Waals surface area contributed by atoms with Crippen LogP contribution in [0.15, 0.2) is 29.1 Å². The van der Waals surface area contributed by atoms with Crippen molar-refractivity contribution in [2.45, 2.75) is 46.4 Å². The summed E-state index contributed by atoms with van der Waals surface area (Å²) in [6.07, 6.45) is 6.48. The summed E-state index contributed by atoms with van der Waals surface area (Å²) in [6.45, 7) is 8.55. The van der Waals surface area contributed by atoms with Crippen LogP contribution in [0.2, 0.25) is 0 Å². The summed E-state index contributed by atoms with van der Waals surface area (Å²) in [4.78, 5) is 0. The minimum absolute atomic E-state index is 0.343. The molecule has 0 saturated carbocycles. The molecular weight excluding hydrogens is 254 g/mol. The van der Waals surface area contributed by atoms with Gasteiger partial charge in [0.1, 0.15) is 12.4 Å². The van der Waals surface area contributed by atoms with Gasteiger partial charge in [-0.3, -0.25) is 4.68 Å². The van der Waals surface area contributed by atoms with E-state index in [1.807, 2.05) is 16.9 Å². The molecule has 0 aliphatic heterocycles. The molecule has 2 rings (SSSR count). The molecule has 2 aromatic heterocycles. The van der Waals surface area contributed by atoms with E-state index in [9.17, 15) is 0 Å². The Labute approximate surface area is 119 Å². The van der Waals surface area contributed by atoms with Crippen molar-refractivity contribution in [1.29, 1.82) is 0 Å². The molecule has 1 N–H and O–H groups in total. The largest absolute Gasteiger partial charge is 0.485 e. The summed E-state index contributed by atoms with van der Waals surface area (Å²) in [5.74, 6) is 1.72. The molecule has 110 valence electrons. The van der Waals surface area contributed by atoms with Crippen LogP contribution >= 0.6 is 0 Å². The SMILES string of the molecule is CCCNCc1occc1COc1cnn(C(C)C)c1. The predicted molar refractivity (Wildman–Crippen MR) is 77.6 cm³/mol. The zero-order valence-electron chi connectivity index (χ0n) is 12.4. The van der Waals surface area contributed by atoms with Crippen molar-refractivity contribution in [3.8, 4) is 5.75 Å². The van der Waals surface area contributed by atoms with Crippen LogP contribution in [0.1, 0.15) is 44.6 Å². The predicted octanol–water partition coefficient (Wildman–Crippen LogP) is 3.14. The Balaban J connectivity index is 1.88. The molecule has 0 atom stereocenters. The summed E-state index contributed by atoms with van der Waals surface area (Å²) in [7, 11) is 0. The lowest BCUT2D eigenvalue weighted by atomic mass is 10.2. The van der Waals surface area contributed by atoms with E-state index in [1.54, 1.807) is 12.5 Å². The van der Waals surface area contributed by atoms with E-state index in [1.165, 1.54) is 0 Å². The van der Waals surface area contributed by atoms with Crippen molar-refractivity contribution >= 4 is 0 Å². The number of nitrogens with one attached hydrogen (secondary N) is 1. The normalized spacial score (nSPS) is 11.2. The van der Waals surface area contributed by atoms with Gasteiger partial charge in [-0.15, -0.1) is 0 Å². The number of rotatable bonds is 8. The van der Waals surface area contributed by atoms with Crippen LogP contribution in [0.4, 0.5) is 0 Å². The summed E-state index contributed by atoms with van der Waals surface area (Å²) in [6, 6.07) is 2.30. The van der Waals surface area contributed by atoms with E-state index in [4.69, 9.17) is 9.15 Å². The van der Waals surface area contributed by atoms with E-state index >= 15 is 0 Å². The zero-order chi connectivity index (χ0) is 14.4. The topological polar surface area (TPSA) is 52.2 Å². The number of aromatic nitrogens is 2. The highest BCUT2D eigenvalue weighted by atomic mass is 16.5. The summed E-state index contributed by atoms with van der Waals surface area (Å²) in [5, 5.41) is 7.58. The third kappa shape index (κ3) is 3.87. The maximum Gasteiger partial charge on any atom is 0.157 e. The van der Waals surface area contributed by atoms with Crippen LogP contribution in [0, 0.1) is 0 Å². The first-order chi connectivity index (χ1) is 9.70. The first-order valence-corrected chi connectivity index (χ1v) is 7.13. The third-order valence-electron chi connectivity index (χ3n) is 3.05. The fraction of sp³-hybridized carbons (Fsp3) is 0.533. The van der Waals surface area contributed by atoms with Crippen molar-refractivity contribution in [3.63, 3.8) is 0 Å². The Morgan fingerprint density at radius 2 is 2.30 bits per heavy atom. The fourth-order valence-corrected chi connectivity index (χ4v) is 1.87. The van der Waals surface area contributed by atoms with Crippen molar-refractivity contribution in [1.82, 2.24) is 15.1 Å². The molecule has 0 radical (unpaired) electrons. The lowest BCUT2D eigenvalue weighted by molar-refractivity contribution is 0.300. The van der Waals surface area contributed by atoms with Gasteiger partial charge in [0, 0.05) is 11.6 Å². The molecule has 2 aromatic rings. The molecule has 0 fully saturated rings. The molecule has 0 bridgehead atoms. The Hall–Kier alpha value is -1.75. The van der Waals surface area contributed by atoms with E-state index < -0.39 is 0 Å². The maximum atomic E-state index is 5.76. The van der Waals surface area contributed by atoms with Crippen LogP contribution < -0.4 is 10.1 Å². The highest BCUT2D eigenvalue weighted by Crippen LogP contribution is 2.17. The van der Waals surface area contributed by atoms with Crippen molar-refractivity contribution < 1.29 is 9.15 Å². The molecule has 0 unspecified atom stereocenters. The van der Waals surface area contributed by atoms with Crippen LogP contribution in [0.5, 0.6) is 5.75 Å².